The van der Waals surface area contributed by atoms with E-state index in [1.807, 2.05) is 0 Å². The molecule has 0 saturated carbocycles. The first-order valence-electron chi connectivity index (χ1n) is 9.90. The monoisotopic (exact) mass is 401 g/mol. The highest BCUT2D eigenvalue weighted by molar-refractivity contribution is 7.89. The van der Waals surface area contributed by atoms with Gasteiger partial charge >= 0.3 is 0 Å². The minimum Gasteiger partial charge on any atom is -0.493 e. The van der Waals surface area contributed by atoms with Crippen LogP contribution in [-0.4, -0.2) is 41.7 Å². The fraction of sp³-hybridized carbons (Fsp3) is 0.500. The first-order chi connectivity index (χ1) is 13.5. The predicted octanol–water partition coefficient (Wildman–Crippen LogP) is 1.52. The molecular formula is C20H23N3O4S. The molecule has 0 spiro atoms. The molecule has 1 aromatic heterocycles. The number of hydrogen-bond donors (Lipinski definition) is 0. The Bertz CT molecular complexity index is 1090. The molecule has 1 fully saturated rings. The topological polar surface area (TPSA) is 81.5 Å². The van der Waals surface area contributed by atoms with Gasteiger partial charge in [-0.2, -0.15) is 9.40 Å². The van der Waals surface area contributed by atoms with Crippen LogP contribution in [0.5, 0.6) is 5.75 Å². The van der Waals surface area contributed by atoms with Crippen molar-refractivity contribution in [3.63, 3.8) is 0 Å². The lowest BCUT2D eigenvalue weighted by atomic mass is 10.2. The molecule has 1 aliphatic carbocycles. The van der Waals surface area contributed by atoms with Crippen LogP contribution in [0, 0.1) is 0 Å². The second kappa shape index (κ2) is 6.70. The van der Waals surface area contributed by atoms with Crippen molar-refractivity contribution in [2.75, 3.05) is 13.2 Å². The van der Waals surface area contributed by atoms with Crippen LogP contribution in [0.25, 0.3) is 0 Å². The van der Waals surface area contributed by atoms with Gasteiger partial charge in [-0.25, -0.2) is 13.1 Å². The molecule has 1 unspecified atom stereocenters. The largest absolute Gasteiger partial charge is 0.493 e. The summed E-state index contributed by atoms with van der Waals surface area (Å²) in [6, 6.07) is 6.51. The highest BCUT2D eigenvalue weighted by Crippen LogP contribution is 2.32. The van der Waals surface area contributed by atoms with Gasteiger partial charge in [-0.05, 0) is 61.4 Å². The third-order valence-corrected chi connectivity index (χ3v) is 7.95. The number of ether oxygens (including phenoxy) is 1. The number of aromatic nitrogens is 2. The summed E-state index contributed by atoms with van der Waals surface area (Å²) in [7, 11) is -3.62. The van der Waals surface area contributed by atoms with E-state index in [9.17, 15) is 13.2 Å². The summed E-state index contributed by atoms with van der Waals surface area (Å²) in [5, 5.41) is 4.52. The molecule has 1 saturated heterocycles. The number of sulfonamides is 1. The lowest BCUT2D eigenvalue weighted by Gasteiger charge is -2.24. The molecule has 2 aliphatic heterocycles. The lowest BCUT2D eigenvalue weighted by Crippen LogP contribution is -2.40. The Morgan fingerprint density at radius 2 is 2.00 bits per heavy atom. The molecule has 8 heteroatoms. The molecule has 0 N–H and O–H groups in total. The Balaban J connectivity index is 1.43. The van der Waals surface area contributed by atoms with Crippen LogP contribution in [-0.2, 0) is 35.8 Å². The lowest BCUT2D eigenvalue weighted by molar-refractivity contribution is 0.334. The van der Waals surface area contributed by atoms with Crippen molar-refractivity contribution in [1.29, 1.82) is 0 Å². The van der Waals surface area contributed by atoms with Crippen molar-refractivity contribution in [2.24, 2.45) is 0 Å². The van der Waals surface area contributed by atoms with Gasteiger partial charge in [-0.1, -0.05) is 0 Å². The number of nitrogens with zero attached hydrogens (tertiary/aromatic N) is 3. The molecule has 1 atom stereocenters. The Labute approximate surface area is 164 Å². The predicted molar refractivity (Wildman–Crippen MR) is 103 cm³/mol. The zero-order valence-corrected chi connectivity index (χ0v) is 16.5. The van der Waals surface area contributed by atoms with Crippen molar-refractivity contribution >= 4 is 10.0 Å². The summed E-state index contributed by atoms with van der Waals surface area (Å²) >= 11 is 0. The molecule has 5 rings (SSSR count). The second-order valence-electron chi connectivity index (χ2n) is 7.77. The molecule has 2 aromatic rings. The molecule has 3 heterocycles. The van der Waals surface area contributed by atoms with Gasteiger partial charge in [-0.3, -0.25) is 4.79 Å². The van der Waals surface area contributed by atoms with Crippen LogP contribution < -0.4 is 10.3 Å². The molecule has 0 bridgehead atoms. The molecule has 28 heavy (non-hydrogen) atoms. The number of rotatable bonds is 4. The normalized spacial score (nSPS) is 21.5. The summed E-state index contributed by atoms with van der Waals surface area (Å²) in [5.74, 6) is 0.769. The van der Waals surface area contributed by atoms with Crippen LogP contribution in [0.4, 0.5) is 0 Å². The quantitative estimate of drug-likeness (QED) is 0.776. The summed E-state index contributed by atoms with van der Waals surface area (Å²) in [6.07, 6.45) is 5.08. The first-order valence-corrected chi connectivity index (χ1v) is 11.3. The van der Waals surface area contributed by atoms with E-state index in [1.165, 1.54) is 4.68 Å². The van der Waals surface area contributed by atoms with E-state index in [0.29, 0.717) is 24.6 Å². The van der Waals surface area contributed by atoms with E-state index >= 15 is 0 Å². The maximum atomic E-state index is 13.3. The van der Waals surface area contributed by atoms with Gasteiger partial charge in [0, 0.05) is 25.1 Å². The minimum absolute atomic E-state index is 0.139. The standard InChI is InChI=1S/C20H23N3O4S/c24-20-12-14-3-1-5-18(14)21-22(20)13-16-4-2-9-23(16)28(25,26)17-6-7-19-15(11-17)8-10-27-19/h6-7,11-12,16H,1-5,8-10,13H2. The second-order valence-corrected chi connectivity index (χ2v) is 9.66. The van der Waals surface area contributed by atoms with E-state index in [-0.39, 0.29) is 11.6 Å². The van der Waals surface area contributed by atoms with Crippen molar-refractivity contribution < 1.29 is 13.2 Å². The van der Waals surface area contributed by atoms with Gasteiger partial charge in [-0.15, -0.1) is 0 Å². The average Bonchev–Trinajstić information content (AvgIpc) is 3.41. The summed E-state index contributed by atoms with van der Waals surface area (Å²) in [5.41, 5.74) is 2.82. The van der Waals surface area contributed by atoms with E-state index < -0.39 is 10.0 Å². The van der Waals surface area contributed by atoms with Crippen LogP contribution >= 0.6 is 0 Å². The van der Waals surface area contributed by atoms with E-state index in [0.717, 1.165) is 61.1 Å². The zero-order valence-electron chi connectivity index (χ0n) is 15.6. The molecule has 0 radical (unpaired) electrons. The molecule has 3 aliphatic rings. The highest BCUT2D eigenvalue weighted by Gasteiger charge is 2.36. The van der Waals surface area contributed by atoms with Gasteiger partial charge in [0.2, 0.25) is 10.0 Å². The van der Waals surface area contributed by atoms with Gasteiger partial charge in [0.25, 0.3) is 5.56 Å². The summed E-state index contributed by atoms with van der Waals surface area (Å²) in [6.45, 7) is 1.37. The summed E-state index contributed by atoms with van der Waals surface area (Å²) in [4.78, 5) is 12.7. The van der Waals surface area contributed by atoms with Crippen molar-refractivity contribution in [2.45, 2.75) is 56.0 Å². The van der Waals surface area contributed by atoms with E-state index in [2.05, 4.69) is 5.10 Å². The molecule has 0 amide bonds. The van der Waals surface area contributed by atoms with Crippen LogP contribution in [0.2, 0.25) is 0 Å². The minimum atomic E-state index is -3.62. The van der Waals surface area contributed by atoms with Crippen LogP contribution in [0.3, 0.4) is 0 Å². The average molecular weight is 401 g/mol. The summed E-state index contributed by atoms with van der Waals surface area (Å²) < 4.78 is 35.1. The fourth-order valence-corrected chi connectivity index (χ4v) is 6.27. The van der Waals surface area contributed by atoms with Crippen molar-refractivity contribution in [3.05, 3.63) is 51.4 Å². The van der Waals surface area contributed by atoms with Crippen LogP contribution in [0.15, 0.2) is 34.0 Å². The van der Waals surface area contributed by atoms with Gasteiger partial charge < -0.3 is 4.74 Å². The Morgan fingerprint density at radius 3 is 2.89 bits per heavy atom. The van der Waals surface area contributed by atoms with Crippen molar-refractivity contribution in [1.82, 2.24) is 14.1 Å². The fourth-order valence-electron chi connectivity index (χ4n) is 4.54. The maximum Gasteiger partial charge on any atom is 0.267 e. The Hall–Kier alpha value is -2.19. The van der Waals surface area contributed by atoms with E-state index in [4.69, 9.17) is 4.74 Å². The number of benzene rings is 1. The van der Waals surface area contributed by atoms with Crippen LogP contribution in [0.1, 0.15) is 36.1 Å². The maximum absolute atomic E-state index is 13.3. The first kappa shape index (κ1) is 17.9. The van der Waals surface area contributed by atoms with Gasteiger partial charge in [0.15, 0.2) is 0 Å². The molecule has 148 valence electrons. The van der Waals surface area contributed by atoms with Gasteiger partial charge in [0.05, 0.1) is 23.7 Å². The Morgan fingerprint density at radius 1 is 1.11 bits per heavy atom. The number of fused-ring (bicyclic) bond motifs is 2. The molecule has 1 aromatic carbocycles. The smallest absolute Gasteiger partial charge is 0.267 e. The third kappa shape index (κ3) is 2.95. The third-order valence-electron chi connectivity index (χ3n) is 6.00. The zero-order chi connectivity index (χ0) is 19.3. The molecule has 7 nitrogen and oxygen atoms in total. The molecular weight excluding hydrogens is 378 g/mol. The number of aryl methyl sites for hydroxylation is 2. The Kier molecular flexibility index (Phi) is 4.28. The van der Waals surface area contributed by atoms with E-state index in [1.54, 1.807) is 28.6 Å². The van der Waals surface area contributed by atoms with Gasteiger partial charge in [0.1, 0.15) is 5.75 Å². The number of hydrogen-bond acceptors (Lipinski definition) is 5. The van der Waals surface area contributed by atoms with Crippen molar-refractivity contribution in [3.8, 4) is 5.75 Å². The SMILES string of the molecule is O=c1cc2c(nn1CC1CCCN1S(=O)(=O)c1ccc3c(c1)CCO3)CCC2. The highest BCUT2D eigenvalue weighted by atomic mass is 32.2.